The van der Waals surface area contributed by atoms with Crippen molar-refractivity contribution >= 4 is 11.8 Å². The molecule has 0 rings (SSSR count). The lowest BCUT2D eigenvalue weighted by molar-refractivity contribution is -0.123. The number of amides is 2. The van der Waals surface area contributed by atoms with Crippen molar-refractivity contribution in [2.75, 3.05) is 27.2 Å². The van der Waals surface area contributed by atoms with Crippen molar-refractivity contribution in [3.63, 3.8) is 0 Å². The van der Waals surface area contributed by atoms with E-state index in [1.807, 2.05) is 13.8 Å². The van der Waals surface area contributed by atoms with Crippen LogP contribution >= 0.6 is 0 Å². The summed E-state index contributed by atoms with van der Waals surface area (Å²) >= 11 is 0. The first kappa shape index (κ1) is 20.8. The molecule has 3 unspecified atom stereocenters. The highest BCUT2D eigenvalue weighted by Crippen LogP contribution is 2.03. The Balaban J connectivity index is 3.86. The first-order valence-electron chi connectivity index (χ1n) is 7.77. The maximum absolute atomic E-state index is 11.7. The molecule has 0 aliphatic carbocycles. The van der Waals surface area contributed by atoms with Gasteiger partial charge in [0, 0.05) is 19.4 Å². The maximum atomic E-state index is 11.7. The van der Waals surface area contributed by atoms with E-state index in [-0.39, 0.29) is 36.5 Å². The van der Waals surface area contributed by atoms with E-state index in [1.165, 1.54) is 0 Å². The van der Waals surface area contributed by atoms with E-state index in [2.05, 4.69) is 21.3 Å². The van der Waals surface area contributed by atoms with E-state index >= 15 is 0 Å². The van der Waals surface area contributed by atoms with Gasteiger partial charge in [-0.2, -0.15) is 14.1 Å². The van der Waals surface area contributed by atoms with Crippen LogP contribution in [0, 0.1) is 0 Å². The largest absolute Gasteiger partial charge is 0.662 e. The van der Waals surface area contributed by atoms with Gasteiger partial charge >= 0.3 is 0 Å². The van der Waals surface area contributed by atoms with Gasteiger partial charge in [-0.3, -0.25) is 9.59 Å². The van der Waals surface area contributed by atoms with Crippen LogP contribution in [0.3, 0.4) is 0 Å². The monoisotopic (exact) mass is 314 g/mol. The lowest BCUT2D eigenvalue weighted by Gasteiger charge is -2.24. The van der Waals surface area contributed by atoms with Crippen molar-refractivity contribution in [2.24, 2.45) is 0 Å². The fraction of sp³-hybridized carbons (Fsp3) is 0.867. The van der Waals surface area contributed by atoms with Crippen LogP contribution in [0.15, 0.2) is 0 Å². The van der Waals surface area contributed by atoms with E-state index in [0.717, 1.165) is 0 Å². The van der Waals surface area contributed by atoms with Gasteiger partial charge in [-0.05, 0) is 12.8 Å². The Bertz CT molecular complexity index is 326. The van der Waals surface area contributed by atoms with Crippen molar-refractivity contribution in [1.29, 1.82) is 0 Å². The van der Waals surface area contributed by atoms with E-state index in [4.69, 9.17) is 0 Å². The molecular formula is C15H30N4O3-2. The van der Waals surface area contributed by atoms with Crippen LogP contribution in [-0.2, 0) is 9.59 Å². The molecule has 0 saturated heterocycles. The molecule has 3 atom stereocenters. The number of hydrogen-bond donors (Lipinski definition) is 3. The Labute approximate surface area is 133 Å². The first-order valence-corrected chi connectivity index (χ1v) is 7.77. The van der Waals surface area contributed by atoms with Crippen LogP contribution in [0.5, 0.6) is 0 Å². The van der Waals surface area contributed by atoms with Crippen LogP contribution in [0.2, 0.25) is 0 Å². The fourth-order valence-corrected chi connectivity index (χ4v) is 1.86. The van der Waals surface area contributed by atoms with Crippen LogP contribution in [0.1, 0.15) is 39.5 Å². The highest BCUT2D eigenvalue weighted by atomic mass is 16.3. The zero-order valence-electron chi connectivity index (χ0n) is 14.1. The zero-order valence-corrected chi connectivity index (χ0v) is 14.1. The average Bonchev–Trinajstić information content (AvgIpc) is 2.49. The minimum Gasteiger partial charge on any atom is -0.662 e. The topological polar surface area (TPSA) is 107 Å². The summed E-state index contributed by atoms with van der Waals surface area (Å²) in [5, 5.41) is 22.9. The lowest BCUT2D eigenvalue weighted by Crippen LogP contribution is -2.39. The Morgan fingerprint density at radius 1 is 1.05 bits per heavy atom. The third-order valence-corrected chi connectivity index (χ3v) is 3.48. The SMILES string of the molecule is C[N-]C(C)CC(=O)NCCCC(CO)NC(=O)CC(C)[N-]C. The minimum absolute atomic E-state index is 0.0235. The van der Waals surface area contributed by atoms with Crippen LogP contribution in [-0.4, -0.2) is 62.3 Å². The predicted molar refractivity (Wildman–Crippen MR) is 88.0 cm³/mol. The predicted octanol–water partition coefficient (Wildman–Crippen LogP) is 0.924. The quantitative estimate of drug-likeness (QED) is 0.466. The summed E-state index contributed by atoms with van der Waals surface area (Å²) in [5.41, 5.74) is 0. The molecule has 0 aromatic heterocycles. The van der Waals surface area contributed by atoms with Gasteiger partial charge in [-0.25, -0.2) is 0 Å². The van der Waals surface area contributed by atoms with Crippen LogP contribution in [0.25, 0.3) is 10.6 Å². The summed E-state index contributed by atoms with van der Waals surface area (Å²) in [4.78, 5) is 23.3. The number of nitrogens with zero attached hydrogens (tertiary/aromatic N) is 2. The van der Waals surface area contributed by atoms with Crippen molar-refractivity contribution in [2.45, 2.75) is 57.7 Å². The molecule has 0 aliphatic heterocycles. The van der Waals surface area contributed by atoms with Crippen molar-refractivity contribution in [3.05, 3.63) is 10.6 Å². The van der Waals surface area contributed by atoms with Crippen molar-refractivity contribution in [3.8, 4) is 0 Å². The highest BCUT2D eigenvalue weighted by Gasteiger charge is 2.11. The van der Waals surface area contributed by atoms with Gasteiger partial charge < -0.3 is 26.4 Å². The number of aliphatic hydroxyl groups is 1. The highest BCUT2D eigenvalue weighted by molar-refractivity contribution is 5.77. The van der Waals surface area contributed by atoms with Gasteiger partial charge in [0.1, 0.15) is 0 Å². The van der Waals surface area contributed by atoms with E-state index in [1.54, 1.807) is 14.1 Å². The molecule has 0 radical (unpaired) electrons. The maximum Gasteiger partial charge on any atom is 0.218 e. The number of carbonyl (C=O) groups excluding carboxylic acids is 2. The second kappa shape index (κ2) is 12.4. The molecule has 0 bridgehead atoms. The third kappa shape index (κ3) is 10.5. The summed E-state index contributed by atoms with van der Waals surface area (Å²) in [6.45, 7) is 4.18. The number of hydrogen-bond acceptors (Lipinski definition) is 3. The molecular weight excluding hydrogens is 284 g/mol. The van der Waals surface area contributed by atoms with Gasteiger partial charge in [0.15, 0.2) is 0 Å². The second-order valence-electron chi connectivity index (χ2n) is 5.56. The number of aliphatic hydroxyl groups excluding tert-OH is 1. The first-order chi connectivity index (χ1) is 10.4. The van der Waals surface area contributed by atoms with Gasteiger partial charge in [0.2, 0.25) is 11.8 Å². The van der Waals surface area contributed by atoms with Gasteiger partial charge in [-0.15, -0.1) is 12.1 Å². The molecule has 0 aromatic carbocycles. The molecule has 3 N–H and O–H groups in total. The van der Waals surface area contributed by atoms with E-state index in [9.17, 15) is 14.7 Å². The standard InChI is InChI=1S/C15H30N4O3/c1-11(16-3)8-14(21)18-7-5-6-13(10-20)19-15(22)9-12(2)17-4/h11-13,20H,5-10H2,1-4H3,(H,18,21)(H,19,22)/q-2. The molecule has 0 aromatic rings. The molecule has 7 nitrogen and oxygen atoms in total. The van der Waals surface area contributed by atoms with Gasteiger partial charge in [0.25, 0.3) is 0 Å². The van der Waals surface area contributed by atoms with Crippen LogP contribution < -0.4 is 10.6 Å². The lowest BCUT2D eigenvalue weighted by atomic mass is 10.1. The molecule has 130 valence electrons. The molecule has 0 fully saturated rings. The van der Waals surface area contributed by atoms with Crippen LogP contribution in [0.4, 0.5) is 0 Å². The number of carbonyl (C=O) groups is 2. The molecule has 0 heterocycles. The summed E-state index contributed by atoms with van der Waals surface area (Å²) in [5.74, 6) is -0.138. The fourth-order valence-electron chi connectivity index (χ4n) is 1.86. The summed E-state index contributed by atoms with van der Waals surface area (Å²) in [6, 6.07) is -0.280. The molecule has 0 saturated carbocycles. The summed E-state index contributed by atoms with van der Waals surface area (Å²) in [7, 11) is 3.37. The van der Waals surface area contributed by atoms with Gasteiger partial charge in [-0.1, -0.05) is 13.8 Å². The number of nitrogens with one attached hydrogen (secondary N) is 2. The molecule has 7 heteroatoms. The minimum atomic E-state index is -0.280. The molecule has 0 aliphatic rings. The molecule has 2 amide bonds. The molecule has 0 spiro atoms. The summed E-state index contributed by atoms with van der Waals surface area (Å²) < 4.78 is 0. The van der Waals surface area contributed by atoms with E-state index < -0.39 is 0 Å². The average molecular weight is 314 g/mol. The second-order valence-corrected chi connectivity index (χ2v) is 5.56. The van der Waals surface area contributed by atoms with E-state index in [0.29, 0.717) is 32.2 Å². The number of rotatable bonds is 12. The van der Waals surface area contributed by atoms with Crippen molar-refractivity contribution < 1.29 is 14.7 Å². The Morgan fingerprint density at radius 2 is 1.59 bits per heavy atom. The normalized spacial score (nSPS) is 15.0. The van der Waals surface area contributed by atoms with Gasteiger partial charge in [0.05, 0.1) is 12.6 Å². The Hall–Kier alpha value is -1.18. The zero-order chi connectivity index (χ0) is 17.0. The summed E-state index contributed by atoms with van der Waals surface area (Å²) in [6.07, 6.45) is 2.02. The Morgan fingerprint density at radius 3 is 2.09 bits per heavy atom. The Kier molecular flexibility index (Phi) is 11.7. The smallest absolute Gasteiger partial charge is 0.218 e. The van der Waals surface area contributed by atoms with Crippen molar-refractivity contribution in [1.82, 2.24) is 10.6 Å². The molecule has 22 heavy (non-hydrogen) atoms. The third-order valence-electron chi connectivity index (χ3n) is 3.48.